The number of phenolic OH excluding ortho intramolecular Hbond substituents is 1. The Bertz CT molecular complexity index is 1410. The molecule has 10 heteroatoms. The van der Waals surface area contributed by atoms with Crippen molar-refractivity contribution in [1.29, 1.82) is 0 Å². The van der Waals surface area contributed by atoms with Gasteiger partial charge in [-0.15, -0.1) is 10.2 Å². The van der Waals surface area contributed by atoms with Gasteiger partial charge < -0.3 is 9.29 Å². The number of hydrogen-bond donors (Lipinski definition) is 2. The Hall–Kier alpha value is -4.05. The first-order valence-corrected chi connectivity index (χ1v) is 9.69. The summed E-state index contributed by atoms with van der Waals surface area (Å²) in [4.78, 5) is 10.5. The van der Waals surface area contributed by atoms with E-state index >= 15 is 0 Å². The molecule has 0 aromatic heterocycles. The number of nitro benzene ring substituents is 1. The molecule has 30 heavy (non-hydrogen) atoms. The fourth-order valence-electron chi connectivity index (χ4n) is 3.08. The third kappa shape index (κ3) is 3.63. The molecule has 150 valence electrons. The van der Waals surface area contributed by atoms with Crippen molar-refractivity contribution < 1.29 is 22.6 Å². The van der Waals surface area contributed by atoms with Gasteiger partial charge in [-0.3, -0.25) is 10.1 Å². The molecule has 4 aromatic rings. The smallest absolute Gasteiger partial charge is 0.299 e. The second-order valence-electron chi connectivity index (χ2n) is 6.24. The van der Waals surface area contributed by atoms with Crippen molar-refractivity contribution in [1.82, 2.24) is 0 Å². The van der Waals surface area contributed by atoms with Crippen molar-refractivity contribution in [2.75, 3.05) is 0 Å². The predicted molar refractivity (Wildman–Crippen MR) is 111 cm³/mol. The van der Waals surface area contributed by atoms with Gasteiger partial charge in [0.05, 0.1) is 4.92 Å². The molecule has 1 N–H and O–H groups in total. The van der Waals surface area contributed by atoms with E-state index in [9.17, 15) is 23.6 Å². The molecule has 4 rings (SSSR count). The van der Waals surface area contributed by atoms with Gasteiger partial charge in [-0.1, -0.05) is 36.4 Å². The summed E-state index contributed by atoms with van der Waals surface area (Å²) >= 11 is 0. The van der Waals surface area contributed by atoms with Crippen LogP contribution in [0.3, 0.4) is 0 Å². The second kappa shape index (κ2) is 7.76. The molecule has 4 aromatic carbocycles. The van der Waals surface area contributed by atoms with Crippen LogP contribution in [0.1, 0.15) is 0 Å². The van der Waals surface area contributed by atoms with Gasteiger partial charge in [-0.25, -0.2) is 0 Å². The van der Waals surface area contributed by atoms with Gasteiger partial charge in [0.1, 0.15) is 11.4 Å². The molecular weight excluding hydrogens is 410 g/mol. The number of fused-ring (bicyclic) bond motifs is 2. The lowest BCUT2D eigenvalue weighted by molar-refractivity contribution is -0.384. The number of azo groups is 1. The summed E-state index contributed by atoms with van der Waals surface area (Å²) in [5, 5.41) is 32.0. The fourth-order valence-corrected chi connectivity index (χ4v) is 3.39. The van der Waals surface area contributed by atoms with E-state index in [1.165, 1.54) is 30.3 Å². The summed E-state index contributed by atoms with van der Waals surface area (Å²) in [5.74, 6) is -0.165. The molecule has 0 aliphatic heterocycles. The Morgan fingerprint density at radius 3 is 2.43 bits per heavy atom. The third-order valence-electron chi connectivity index (χ3n) is 4.46. The highest BCUT2D eigenvalue weighted by Gasteiger charge is 2.14. The first-order valence-electron chi connectivity index (χ1n) is 8.60. The van der Waals surface area contributed by atoms with E-state index < -0.39 is 15.9 Å². The molecule has 0 aliphatic carbocycles. The maximum Gasteiger partial charge on any atom is 0.299 e. The zero-order valence-corrected chi connectivity index (χ0v) is 16.0. The molecule has 0 spiro atoms. The highest BCUT2D eigenvalue weighted by atomic mass is 32.2. The molecule has 0 fully saturated rings. The number of aromatic hydroxyl groups is 1. The van der Waals surface area contributed by atoms with E-state index in [0.717, 1.165) is 5.39 Å². The van der Waals surface area contributed by atoms with Crippen molar-refractivity contribution in [2.24, 2.45) is 10.2 Å². The number of hydrogen-bond acceptors (Lipinski definition) is 8. The highest BCUT2D eigenvalue weighted by Crippen LogP contribution is 2.40. The monoisotopic (exact) mass is 423 g/mol. The van der Waals surface area contributed by atoms with E-state index in [1.807, 2.05) is 12.1 Å². The maximum atomic E-state index is 11.1. The predicted octanol–water partition coefficient (Wildman–Crippen LogP) is 4.93. The van der Waals surface area contributed by atoms with E-state index in [4.69, 9.17) is 4.18 Å². The lowest BCUT2D eigenvalue weighted by Crippen LogP contribution is -1.92. The van der Waals surface area contributed by atoms with Crippen LogP contribution in [0.2, 0.25) is 0 Å². The Kier molecular flexibility index (Phi) is 4.98. The number of rotatable bonds is 5. The van der Waals surface area contributed by atoms with Gasteiger partial charge in [0, 0.05) is 22.9 Å². The van der Waals surface area contributed by atoms with E-state index in [1.54, 1.807) is 24.3 Å². The van der Waals surface area contributed by atoms with Crippen LogP contribution in [0.15, 0.2) is 77.0 Å². The lowest BCUT2D eigenvalue weighted by atomic mass is 10.1. The minimum Gasteiger partial charge on any atom is -0.505 e. The van der Waals surface area contributed by atoms with Crippen LogP contribution in [0.5, 0.6) is 11.5 Å². The standard InChI is InChI=1S/C20H13N3O6S/c24-20-16-4-2-1-3-12(16)5-9-17(20)21-22-19-15-8-7-14(23(25)26)11-13(15)6-10-18(19)29-30(27)28/h1-11,24,30H. The van der Waals surface area contributed by atoms with Gasteiger partial charge in [0.25, 0.3) is 16.7 Å². The van der Waals surface area contributed by atoms with Crippen molar-refractivity contribution in [3.63, 3.8) is 0 Å². The topological polar surface area (TPSA) is 131 Å². The second-order valence-corrected chi connectivity index (χ2v) is 6.87. The van der Waals surface area contributed by atoms with Gasteiger partial charge in [0.15, 0.2) is 11.5 Å². The van der Waals surface area contributed by atoms with Crippen molar-refractivity contribution in [3.8, 4) is 11.5 Å². The average molecular weight is 423 g/mol. The fraction of sp³-hybridized carbons (Fsp3) is 0. The quantitative estimate of drug-likeness (QED) is 0.202. The van der Waals surface area contributed by atoms with Crippen molar-refractivity contribution >= 4 is 49.6 Å². The number of phenols is 1. The van der Waals surface area contributed by atoms with E-state index in [0.29, 0.717) is 16.2 Å². The number of nitro groups is 1. The number of thiol groups is 1. The Morgan fingerprint density at radius 2 is 1.67 bits per heavy atom. The zero-order chi connectivity index (χ0) is 21.3. The number of benzene rings is 4. The Balaban J connectivity index is 1.87. The average Bonchev–Trinajstić information content (AvgIpc) is 2.73. The van der Waals surface area contributed by atoms with Crippen LogP contribution in [0, 0.1) is 10.1 Å². The molecule has 0 atom stereocenters. The van der Waals surface area contributed by atoms with Gasteiger partial charge in [-0.05, 0) is 29.0 Å². The minimum absolute atomic E-state index is 0.0640. The summed E-state index contributed by atoms with van der Waals surface area (Å²) in [6.07, 6.45) is 0. The summed E-state index contributed by atoms with van der Waals surface area (Å²) in [7, 11) is -3.22. The number of non-ortho nitro benzene ring substituents is 1. The third-order valence-corrected chi connectivity index (χ3v) is 4.80. The van der Waals surface area contributed by atoms with Crippen LogP contribution in [-0.4, -0.2) is 18.4 Å². The molecule has 0 amide bonds. The van der Waals surface area contributed by atoms with Gasteiger partial charge in [-0.2, -0.15) is 8.42 Å². The summed E-state index contributed by atoms with van der Waals surface area (Å²) < 4.78 is 27.0. The first-order chi connectivity index (χ1) is 14.4. The molecule has 9 nitrogen and oxygen atoms in total. The molecular formula is C20H13N3O6S. The summed E-state index contributed by atoms with van der Waals surface area (Å²) in [5.41, 5.74) is 0.111. The van der Waals surface area contributed by atoms with E-state index in [2.05, 4.69) is 10.2 Å². The van der Waals surface area contributed by atoms with Crippen LogP contribution in [0.25, 0.3) is 21.5 Å². The lowest BCUT2D eigenvalue weighted by Gasteiger charge is -2.07. The SMILES string of the molecule is O=[N+]([O-])c1ccc2c(N=Nc3ccc4ccccc4c3O)c(O[SH](=O)=O)ccc2c1. The molecule has 0 heterocycles. The minimum atomic E-state index is -3.22. The Morgan fingerprint density at radius 1 is 0.900 bits per heavy atom. The largest absolute Gasteiger partial charge is 0.505 e. The summed E-state index contributed by atoms with van der Waals surface area (Å²) in [6, 6.07) is 17.4. The molecule has 0 saturated carbocycles. The van der Waals surface area contributed by atoms with Crippen molar-refractivity contribution in [3.05, 3.63) is 76.8 Å². The van der Waals surface area contributed by atoms with Crippen LogP contribution < -0.4 is 4.18 Å². The molecule has 0 radical (unpaired) electrons. The zero-order valence-electron chi connectivity index (χ0n) is 15.1. The summed E-state index contributed by atoms with van der Waals surface area (Å²) in [6.45, 7) is 0. The number of nitrogens with zero attached hydrogens (tertiary/aromatic N) is 3. The van der Waals surface area contributed by atoms with Gasteiger partial charge >= 0.3 is 0 Å². The van der Waals surface area contributed by atoms with Crippen LogP contribution in [-0.2, 0) is 11.0 Å². The first kappa shape index (κ1) is 19.3. The Labute approximate surface area is 171 Å². The van der Waals surface area contributed by atoms with E-state index in [-0.39, 0.29) is 28.6 Å². The normalized spacial score (nSPS) is 11.5. The van der Waals surface area contributed by atoms with Crippen LogP contribution >= 0.6 is 0 Å². The maximum absolute atomic E-state index is 11.1. The molecule has 0 aliphatic rings. The molecule has 0 saturated heterocycles. The molecule has 0 bridgehead atoms. The van der Waals surface area contributed by atoms with Gasteiger partial charge in [0.2, 0.25) is 0 Å². The highest BCUT2D eigenvalue weighted by molar-refractivity contribution is 7.67. The van der Waals surface area contributed by atoms with Crippen molar-refractivity contribution in [2.45, 2.75) is 0 Å². The molecule has 0 unspecified atom stereocenters. The van der Waals surface area contributed by atoms with Crippen LogP contribution in [0.4, 0.5) is 17.1 Å².